The molecule has 3 aromatic rings. The maximum Gasteiger partial charge on any atom is 0.232 e. The monoisotopic (exact) mass is 396 g/mol. The predicted octanol–water partition coefficient (Wildman–Crippen LogP) is 3.86. The number of carbonyl (C=O) groups excluding carboxylic acids is 1. The number of furan rings is 1. The minimum atomic E-state index is 0.132. The van der Waals surface area contributed by atoms with E-state index < -0.39 is 0 Å². The Labute approximate surface area is 168 Å². The Kier molecular flexibility index (Phi) is 5.52. The summed E-state index contributed by atoms with van der Waals surface area (Å²) in [5, 5.41) is 9.52. The maximum absolute atomic E-state index is 12.5. The fourth-order valence-electron chi connectivity index (χ4n) is 3.15. The summed E-state index contributed by atoms with van der Waals surface area (Å²) in [6, 6.07) is 12.1. The van der Waals surface area contributed by atoms with Crippen LogP contribution < -0.4 is 0 Å². The predicted molar refractivity (Wildman–Crippen MR) is 109 cm³/mol. The van der Waals surface area contributed by atoms with Crippen molar-refractivity contribution in [3.8, 4) is 11.4 Å². The number of aryl methyl sites for hydroxylation is 1. The average molecular weight is 397 g/mol. The summed E-state index contributed by atoms with van der Waals surface area (Å²) >= 11 is 1.44. The van der Waals surface area contributed by atoms with E-state index in [1.165, 1.54) is 24.6 Å². The van der Waals surface area contributed by atoms with Crippen LogP contribution in [0.4, 0.5) is 0 Å². The van der Waals surface area contributed by atoms with Crippen molar-refractivity contribution < 1.29 is 9.21 Å². The van der Waals surface area contributed by atoms with Gasteiger partial charge in [-0.15, -0.1) is 10.2 Å². The Morgan fingerprint density at radius 2 is 2.04 bits per heavy atom. The molecule has 0 atom stereocenters. The van der Waals surface area contributed by atoms with E-state index in [1.54, 1.807) is 6.26 Å². The Morgan fingerprint density at radius 1 is 1.25 bits per heavy atom. The van der Waals surface area contributed by atoms with Gasteiger partial charge in [0.25, 0.3) is 0 Å². The Bertz CT molecular complexity index is 946. The van der Waals surface area contributed by atoms with E-state index in [9.17, 15) is 4.79 Å². The molecule has 2 heterocycles. The zero-order chi connectivity index (χ0) is 19.5. The van der Waals surface area contributed by atoms with Crippen molar-refractivity contribution in [2.75, 3.05) is 19.3 Å². The molecule has 4 rings (SSSR count). The normalized spacial score (nSPS) is 13.6. The number of carbonyl (C=O) groups is 1. The molecule has 7 heteroatoms. The number of benzene rings is 1. The molecule has 1 fully saturated rings. The number of thioether (sulfide) groups is 1. The van der Waals surface area contributed by atoms with Crippen LogP contribution in [0.25, 0.3) is 11.4 Å². The van der Waals surface area contributed by atoms with Gasteiger partial charge in [-0.25, -0.2) is 0 Å². The molecule has 1 amide bonds. The van der Waals surface area contributed by atoms with E-state index in [2.05, 4.69) is 26.9 Å². The molecule has 0 spiro atoms. The summed E-state index contributed by atoms with van der Waals surface area (Å²) in [5.74, 6) is 2.75. The highest BCUT2D eigenvalue weighted by Crippen LogP contribution is 2.30. The molecule has 1 saturated carbocycles. The fourth-order valence-corrected chi connectivity index (χ4v) is 4.02. The Morgan fingerprint density at radius 3 is 2.71 bits per heavy atom. The van der Waals surface area contributed by atoms with Gasteiger partial charge in [0.2, 0.25) is 5.91 Å². The van der Waals surface area contributed by atoms with E-state index in [-0.39, 0.29) is 5.91 Å². The van der Waals surface area contributed by atoms with Crippen molar-refractivity contribution >= 4 is 17.7 Å². The van der Waals surface area contributed by atoms with E-state index in [0.717, 1.165) is 34.4 Å². The number of rotatable bonds is 8. The van der Waals surface area contributed by atoms with Crippen LogP contribution in [0, 0.1) is 12.8 Å². The Balaban J connectivity index is 1.55. The van der Waals surface area contributed by atoms with Crippen LogP contribution in [0.1, 0.15) is 24.2 Å². The zero-order valence-electron chi connectivity index (χ0n) is 16.2. The minimum Gasteiger partial charge on any atom is -0.469 e. The highest BCUT2D eigenvalue weighted by molar-refractivity contribution is 7.99. The lowest BCUT2D eigenvalue weighted by Crippen LogP contribution is -2.30. The van der Waals surface area contributed by atoms with Crippen LogP contribution in [-0.4, -0.2) is 44.9 Å². The van der Waals surface area contributed by atoms with Crippen molar-refractivity contribution in [2.45, 2.75) is 31.5 Å². The first kappa shape index (κ1) is 18.8. The molecule has 0 aliphatic heterocycles. The molecule has 1 aliphatic rings. The smallest absolute Gasteiger partial charge is 0.232 e. The van der Waals surface area contributed by atoms with Gasteiger partial charge in [0.15, 0.2) is 11.0 Å². The molecule has 0 saturated heterocycles. The van der Waals surface area contributed by atoms with Crippen LogP contribution in [-0.2, 0) is 11.3 Å². The first-order valence-electron chi connectivity index (χ1n) is 9.50. The third-order valence-electron chi connectivity index (χ3n) is 4.98. The topological polar surface area (TPSA) is 64.2 Å². The molecule has 2 aromatic heterocycles. The van der Waals surface area contributed by atoms with Gasteiger partial charge in [-0.3, -0.25) is 9.36 Å². The molecule has 146 valence electrons. The zero-order valence-corrected chi connectivity index (χ0v) is 17.0. The third kappa shape index (κ3) is 4.30. The second-order valence-corrected chi connectivity index (χ2v) is 8.22. The van der Waals surface area contributed by atoms with Crippen molar-refractivity contribution in [1.82, 2.24) is 19.7 Å². The van der Waals surface area contributed by atoms with E-state index in [4.69, 9.17) is 4.42 Å². The molecule has 1 aliphatic carbocycles. The van der Waals surface area contributed by atoms with Gasteiger partial charge in [-0.1, -0.05) is 42.1 Å². The van der Waals surface area contributed by atoms with Gasteiger partial charge in [-0.05, 0) is 37.3 Å². The SMILES string of the molecule is Cc1occc1-c1nnc(SCC(=O)N(C)CC2CC2)n1Cc1ccccc1. The number of nitrogens with zero attached hydrogens (tertiary/aromatic N) is 4. The molecule has 0 unspecified atom stereocenters. The molecule has 28 heavy (non-hydrogen) atoms. The number of aromatic nitrogens is 3. The Hall–Kier alpha value is -2.54. The van der Waals surface area contributed by atoms with Gasteiger partial charge in [-0.2, -0.15) is 0 Å². The first-order chi connectivity index (χ1) is 13.6. The standard InChI is InChI=1S/C21H24N4O2S/c1-15-18(10-11-27-15)20-22-23-21(25(20)13-16-6-4-3-5-7-16)28-14-19(26)24(2)12-17-8-9-17/h3-7,10-11,17H,8-9,12-14H2,1-2H3. The maximum atomic E-state index is 12.5. The van der Waals surface area contributed by atoms with Crippen molar-refractivity contribution in [2.24, 2.45) is 5.92 Å². The van der Waals surface area contributed by atoms with E-state index in [0.29, 0.717) is 18.2 Å². The highest BCUT2D eigenvalue weighted by atomic mass is 32.2. The molecule has 0 radical (unpaired) electrons. The number of amides is 1. The molecule has 6 nitrogen and oxygen atoms in total. The van der Waals surface area contributed by atoms with Crippen molar-refractivity contribution in [3.05, 3.63) is 54.0 Å². The molecular weight excluding hydrogens is 372 g/mol. The van der Waals surface area contributed by atoms with E-state index >= 15 is 0 Å². The lowest BCUT2D eigenvalue weighted by Gasteiger charge is -2.16. The van der Waals surface area contributed by atoms with Crippen LogP contribution in [0.15, 0.2) is 52.2 Å². The lowest BCUT2D eigenvalue weighted by molar-refractivity contribution is -0.127. The lowest BCUT2D eigenvalue weighted by atomic mass is 10.2. The van der Waals surface area contributed by atoms with Crippen LogP contribution in [0.3, 0.4) is 0 Å². The van der Waals surface area contributed by atoms with E-state index in [1.807, 2.05) is 43.1 Å². The van der Waals surface area contributed by atoms with Crippen molar-refractivity contribution in [3.63, 3.8) is 0 Å². The van der Waals surface area contributed by atoms with Crippen LogP contribution in [0.2, 0.25) is 0 Å². The summed E-state index contributed by atoms with van der Waals surface area (Å²) in [5.41, 5.74) is 2.08. The van der Waals surface area contributed by atoms with Gasteiger partial charge in [0.05, 0.1) is 24.1 Å². The number of hydrogen-bond acceptors (Lipinski definition) is 5. The molecule has 0 bridgehead atoms. The summed E-state index contributed by atoms with van der Waals surface area (Å²) in [4.78, 5) is 14.3. The highest BCUT2D eigenvalue weighted by Gasteiger charge is 2.25. The first-order valence-corrected chi connectivity index (χ1v) is 10.5. The van der Waals surface area contributed by atoms with Crippen molar-refractivity contribution in [1.29, 1.82) is 0 Å². The fraction of sp³-hybridized carbons (Fsp3) is 0.381. The van der Waals surface area contributed by atoms with Gasteiger partial charge in [0.1, 0.15) is 5.76 Å². The summed E-state index contributed by atoms with van der Waals surface area (Å²) in [6.45, 7) is 3.41. The van der Waals surface area contributed by atoms with Gasteiger partial charge < -0.3 is 9.32 Å². The number of hydrogen-bond donors (Lipinski definition) is 0. The van der Waals surface area contributed by atoms with Gasteiger partial charge in [0, 0.05) is 13.6 Å². The van der Waals surface area contributed by atoms with Gasteiger partial charge >= 0.3 is 0 Å². The molecule has 1 aromatic carbocycles. The largest absolute Gasteiger partial charge is 0.469 e. The molecular formula is C21H24N4O2S. The average Bonchev–Trinajstić information content (AvgIpc) is 3.28. The third-order valence-corrected chi connectivity index (χ3v) is 5.93. The molecule has 0 N–H and O–H groups in total. The summed E-state index contributed by atoms with van der Waals surface area (Å²) in [7, 11) is 1.89. The van der Waals surface area contributed by atoms with Crippen LogP contribution in [0.5, 0.6) is 0 Å². The summed E-state index contributed by atoms with van der Waals surface area (Å²) in [6.07, 6.45) is 4.14. The van der Waals surface area contributed by atoms with Crippen LogP contribution >= 0.6 is 11.8 Å². The summed E-state index contributed by atoms with van der Waals surface area (Å²) < 4.78 is 7.52. The quantitative estimate of drug-likeness (QED) is 0.541. The second kappa shape index (κ2) is 8.22. The minimum absolute atomic E-state index is 0.132. The second-order valence-electron chi connectivity index (χ2n) is 7.27.